The molecule has 0 amide bonds. The zero-order chi connectivity index (χ0) is 18.8. The SMILES string of the molecule is c1ccc(CSc2nnc3c(n2)OC(c2cccs2)Nc2ccccc2-3)cc1. The lowest BCUT2D eigenvalue weighted by atomic mass is 10.1. The Morgan fingerprint density at radius 3 is 2.68 bits per heavy atom. The Morgan fingerprint density at radius 2 is 1.82 bits per heavy atom. The fourth-order valence-electron chi connectivity index (χ4n) is 3.00. The molecule has 0 bridgehead atoms. The predicted molar refractivity (Wildman–Crippen MR) is 113 cm³/mol. The summed E-state index contributed by atoms with van der Waals surface area (Å²) < 4.78 is 6.25. The molecule has 0 aliphatic carbocycles. The van der Waals surface area contributed by atoms with Crippen LogP contribution in [-0.4, -0.2) is 15.2 Å². The molecular weight excluding hydrogens is 388 g/mol. The van der Waals surface area contributed by atoms with Crippen LogP contribution < -0.4 is 10.1 Å². The van der Waals surface area contributed by atoms with Crippen LogP contribution in [0.25, 0.3) is 11.3 Å². The molecule has 1 aliphatic heterocycles. The van der Waals surface area contributed by atoms with Crippen molar-refractivity contribution in [1.82, 2.24) is 15.2 Å². The summed E-state index contributed by atoms with van der Waals surface area (Å²) in [5, 5.41) is 14.9. The van der Waals surface area contributed by atoms with E-state index in [2.05, 4.69) is 38.7 Å². The zero-order valence-electron chi connectivity index (χ0n) is 14.8. The van der Waals surface area contributed by atoms with Crippen LogP contribution in [0.2, 0.25) is 0 Å². The lowest BCUT2D eigenvalue weighted by Crippen LogP contribution is -2.15. The maximum atomic E-state index is 6.25. The van der Waals surface area contributed by atoms with Crippen molar-refractivity contribution in [3.05, 3.63) is 82.6 Å². The van der Waals surface area contributed by atoms with Crippen molar-refractivity contribution in [1.29, 1.82) is 0 Å². The standard InChI is InChI=1S/C21H16N4OS2/c1-2-7-14(8-3-1)13-28-21-23-20-18(24-25-21)15-9-4-5-10-16(15)22-19(26-20)17-11-6-12-27-17/h1-12,19,22H,13H2. The summed E-state index contributed by atoms with van der Waals surface area (Å²) in [6.07, 6.45) is -0.314. The van der Waals surface area contributed by atoms with Crippen molar-refractivity contribution >= 4 is 28.8 Å². The van der Waals surface area contributed by atoms with Gasteiger partial charge in [-0.3, -0.25) is 0 Å². The van der Waals surface area contributed by atoms with Crippen LogP contribution in [0, 0.1) is 0 Å². The van der Waals surface area contributed by atoms with Crippen molar-refractivity contribution < 1.29 is 4.74 Å². The van der Waals surface area contributed by atoms with Crippen LogP contribution in [0.4, 0.5) is 5.69 Å². The minimum Gasteiger partial charge on any atom is -0.447 e. The quantitative estimate of drug-likeness (QED) is 0.460. The number of rotatable bonds is 4. The van der Waals surface area contributed by atoms with E-state index in [9.17, 15) is 0 Å². The van der Waals surface area contributed by atoms with Gasteiger partial charge >= 0.3 is 0 Å². The Bertz CT molecular complexity index is 1090. The normalized spacial score (nSPS) is 14.9. The molecule has 2 aromatic carbocycles. The maximum absolute atomic E-state index is 6.25. The highest BCUT2D eigenvalue weighted by molar-refractivity contribution is 7.98. The Labute approximate surface area is 170 Å². The second kappa shape index (κ2) is 7.61. The van der Waals surface area contributed by atoms with Gasteiger partial charge in [0.05, 0.1) is 4.88 Å². The molecule has 3 heterocycles. The number of benzene rings is 2. The summed E-state index contributed by atoms with van der Waals surface area (Å²) in [5.74, 6) is 1.28. The Morgan fingerprint density at radius 1 is 0.964 bits per heavy atom. The summed E-state index contributed by atoms with van der Waals surface area (Å²) in [6, 6.07) is 22.3. The van der Waals surface area contributed by atoms with Gasteiger partial charge in [0.2, 0.25) is 17.3 Å². The lowest BCUT2D eigenvalue weighted by molar-refractivity contribution is 0.229. The van der Waals surface area contributed by atoms with E-state index < -0.39 is 0 Å². The highest BCUT2D eigenvalue weighted by Gasteiger charge is 2.26. The molecule has 5 nitrogen and oxygen atoms in total. The fourth-order valence-corrected chi connectivity index (χ4v) is 4.44. The highest BCUT2D eigenvalue weighted by Crippen LogP contribution is 2.40. The predicted octanol–water partition coefficient (Wildman–Crippen LogP) is 5.40. The van der Waals surface area contributed by atoms with Gasteiger partial charge in [0.25, 0.3) is 0 Å². The average Bonchev–Trinajstić information content (AvgIpc) is 3.23. The molecule has 1 atom stereocenters. The number of thiophene rings is 1. The third-order valence-corrected chi connectivity index (χ3v) is 6.17. The van der Waals surface area contributed by atoms with E-state index in [-0.39, 0.29) is 6.23 Å². The molecule has 138 valence electrons. The maximum Gasteiger partial charge on any atom is 0.247 e. The van der Waals surface area contributed by atoms with Crippen molar-refractivity contribution in [2.75, 3.05) is 5.32 Å². The summed E-state index contributed by atoms with van der Waals surface area (Å²) in [6.45, 7) is 0. The number of ether oxygens (including phenoxy) is 1. The van der Waals surface area contributed by atoms with E-state index in [1.54, 1.807) is 23.1 Å². The van der Waals surface area contributed by atoms with Gasteiger partial charge < -0.3 is 10.1 Å². The number of nitrogens with one attached hydrogen (secondary N) is 1. The van der Waals surface area contributed by atoms with Crippen molar-refractivity contribution in [3.8, 4) is 17.1 Å². The second-order valence-electron chi connectivity index (χ2n) is 6.23. The van der Waals surface area contributed by atoms with Gasteiger partial charge in [0, 0.05) is 17.0 Å². The summed E-state index contributed by atoms with van der Waals surface area (Å²) >= 11 is 3.19. The van der Waals surface area contributed by atoms with Crippen LogP contribution in [0.15, 0.2) is 77.3 Å². The molecule has 1 aliphatic rings. The molecule has 0 spiro atoms. The molecule has 28 heavy (non-hydrogen) atoms. The third-order valence-electron chi connectivity index (χ3n) is 4.35. The van der Waals surface area contributed by atoms with Gasteiger partial charge in [0.1, 0.15) is 0 Å². The van der Waals surface area contributed by atoms with Gasteiger partial charge in [-0.05, 0) is 23.1 Å². The van der Waals surface area contributed by atoms with Crippen LogP contribution in [0.3, 0.4) is 0 Å². The number of fused-ring (bicyclic) bond motifs is 3. The molecule has 4 aromatic rings. The van der Waals surface area contributed by atoms with Gasteiger partial charge in [-0.1, -0.05) is 66.4 Å². The number of aromatic nitrogens is 3. The minimum absolute atomic E-state index is 0.314. The van der Waals surface area contributed by atoms with Gasteiger partial charge in [-0.2, -0.15) is 4.98 Å². The van der Waals surface area contributed by atoms with Crippen LogP contribution in [0.1, 0.15) is 16.7 Å². The van der Waals surface area contributed by atoms with Gasteiger partial charge in [-0.15, -0.1) is 21.5 Å². The van der Waals surface area contributed by atoms with E-state index in [0.29, 0.717) is 16.7 Å². The fraction of sp³-hybridized carbons (Fsp3) is 0.0952. The Balaban J connectivity index is 1.49. The number of hydrogen-bond donors (Lipinski definition) is 1. The third kappa shape index (κ3) is 3.46. The van der Waals surface area contributed by atoms with E-state index in [1.165, 1.54) is 5.56 Å². The minimum atomic E-state index is -0.314. The van der Waals surface area contributed by atoms with E-state index in [0.717, 1.165) is 21.9 Å². The molecular formula is C21H16N4OS2. The summed E-state index contributed by atoms with van der Waals surface area (Å²) in [7, 11) is 0. The Kier molecular flexibility index (Phi) is 4.68. The molecule has 1 unspecified atom stereocenters. The molecule has 2 aromatic heterocycles. The average molecular weight is 405 g/mol. The first-order valence-electron chi connectivity index (χ1n) is 8.84. The van der Waals surface area contributed by atoms with Crippen molar-refractivity contribution in [2.45, 2.75) is 17.1 Å². The van der Waals surface area contributed by atoms with Crippen molar-refractivity contribution in [3.63, 3.8) is 0 Å². The first-order chi connectivity index (χ1) is 13.9. The zero-order valence-corrected chi connectivity index (χ0v) is 16.4. The number of nitrogens with zero attached hydrogens (tertiary/aromatic N) is 3. The van der Waals surface area contributed by atoms with E-state index in [4.69, 9.17) is 4.74 Å². The molecule has 7 heteroatoms. The molecule has 0 saturated carbocycles. The molecule has 5 rings (SSSR count). The molecule has 0 saturated heterocycles. The monoisotopic (exact) mass is 404 g/mol. The molecule has 0 radical (unpaired) electrons. The van der Waals surface area contributed by atoms with Gasteiger partial charge in [0.15, 0.2) is 5.69 Å². The van der Waals surface area contributed by atoms with Crippen LogP contribution in [0.5, 0.6) is 5.88 Å². The largest absolute Gasteiger partial charge is 0.447 e. The number of thioether (sulfide) groups is 1. The van der Waals surface area contributed by atoms with Crippen LogP contribution in [-0.2, 0) is 5.75 Å². The second-order valence-corrected chi connectivity index (χ2v) is 8.15. The lowest BCUT2D eigenvalue weighted by Gasteiger charge is -2.17. The number of hydrogen-bond acceptors (Lipinski definition) is 7. The van der Waals surface area contributed by atoms with E-state index in [1.807, 2.05) is 53.9 Å². The van der Waals surface area contributed by atoms with Crippen LogP contribution >= 0.6 is 23.1 Å². The topological polar surface area (TPSA) is 59.9 Å². The smallest absolute Gasteiger partial charge is 0.247 e. The number of para-hydroxylation sites is 1. The summed E-state index contributed by atoms with van der Waals surface area (Å²) in [4.78, 5) is 5.76. The van der Waals surface area contributed by atoms with Crippen molar-refractivity contribution in [2.24, 2.45) is 0 Å². The Hall–Kier alpha value is -2.90. The first-order valence-corrected chi connectivity index (χ1v) is 10.7. The summed E-state index contributed by atoms with van der Waals surface area (Å²) in [5.41, 5.74) is 3.78. The highest BCUT2D eigenvalue weighted by atomic mass is 32.2. The molecule has 1 N–H and O–H groups in total. The van der Waals surface area contributed by atoms with E-state index >= 15 is 0 Å². The molecule has 0 fully saturated rings. The van der Waals surface area contributed by atoms with Gasteiger partial charge in [-0.25, -0.2) is 0 Å². The number of anilines is 1. The first kappa shape index (κ1) is 17.2.